The molecular weight excluding hydrogens is 248 g/mol. The lowest BCUT2D eigenvalue weighted by molar-refractivity contribution is 0.368. The van der Waals surface area contributed by atoms with Crippen LogP contribution in [0.25, 0.3) is 0 Å². The van der Waals surface area contributed by atoms with Crippen molar-refractivity contribution in [3.05, 3.63) is 0 Å². The third kappa shape index (κ3) is 14.1. The van der Waals surface area contributed by atoms with Gasteiger partial charge < -0.3 is 0 Å². The molecule has 0 unspecified atom stereocenters. The Balaban J connectivity index is 3.74. The van der Waals surface area contributed by atoms with Gasteiger partial charge in [-0.1, -0.05) is 41.4 Å². The van der Waals surface area contributed by atoms with E-state index in [0.717, 1.165) is 6.26 Å². The number of hydrogen-bond donors (Lipinski definition) is 0. The quantitative estimate of drug-likeness (QED) is 0.554. The highest BCUT2D eigenvalue weighted by atomic mass is 32.2. The summed E-state index contributed by atoms with van der Waals surface area (Å²) in [5.74, 6) is 22.2. The molecule has 3 nitrogen and oxygen atoms in total. The summed E-state index contributed by atoms with van der Waals surface area (Å²) in [6.45, 7) is 1.64. The molecule has 0 saturated heterocycles. The first kappa shape index (κ1) is 16.1. The lowest BCUT2D eigenvalue weighted by Crippen LogP contribution is -2.02. The topological polar surface area (TPSA) is 43.4 Å². The van der Waals surface area contributed by atoms with Crippen molar-refractivity contribution in [2.75, 3.05) is 12.9 Å². The lowest BCUT2D eigenvalue weighted by Gasteiger charge is -1.91. The normalized spacial score (nSPS) is 8.33. The van der Waals surface area contributed by atoms with Gasteiger partial charge in [-0.25, -0.2) is 0 Å². The highest BCUT2D eigenvalue weighted by molar-refractivity contribution is 7.85. The molecule has 0 fully saturated rings. The van der Waals surface area contributed by atoms with E-state index in [-0.39, 0.29) is 6.61 Å². The molecule has 94 valence electrons. The maximum Gasteiger partial charge on any atom is 0.265 e. The zero-order chi connectivity index (χ0) is 13.7. The molecule has 4 heteroatoms. The second-order valence-corrected chi connectivity index (χ2v) is 4.63. The average Bonchev–Trinajstić information content (AvgIpc) is 2.29. The molecule has 18 heavy (non-hydrogen) atoms. The van der Waals surface area contributed by atoms with Crippen LogP contribution in [0.4, 0.5) is 0 Å². The molecule has 0 saturated carbocycles. The molecule has 0 amide bonds. The van der Waals surface area contributed by atoms with E-state index in [4.69, 9.17) is 0 Å². The molecule has 0 aliphatic rings. The maximum atomic E-state index is 10.6. The molecule has 0 atom stereocenters. The van der Waals surface area contributed by atoms with Crippen molar-refractivity contribution < 1.29 is 12.6 Å². The van der Waals surface area contributed by atoms with Gasteiger partial charge in [0.05, 0.1) is 25.5 Å². The smallest absolute Gasteiger partial charge is 0.257 e. The van der Waals surface area contributed by atoms with Crippen molar-refractivity contribution in [3.63, 3.8) is 0 Å². The average molecular weight is 262 g/mol. The first-order valence-electron chi connectivity index (χ1n) is 5.17. The van der Waals surface area contributed by atoms with E-state index in [1.165, 1.54) is 0 Å². The molecule has 0 aromatic heterocycles. The Kier molecular flexibility index (Phi) is 9.25. The van der Waals surface area contributed by atoms with Crippen LogP contribution in [0.2, 0.25) is 0 Å². The van der Waals surface area contributed by atoms with E-state index in [0.29, 0.717) is 19.3 Å². The summed E-state index contributed by atoms with van der Waals surface area (Å²) < 4.78 is 25.6. The van der Waals surface area contributed by atoms with Crippen LogP contribution in [0.3, 0.4) is 0 Å². The lowest BCUT2D eigenvalue weighted by atomic mass is 10.3. The largest absolute Gasteiger partial charge is 0.265 e. The molecule has 0 aliphatic heterocycles. The van der Waals surface area contributed by atoms with Crippen molar-refractivity contribution >= 4 is 10.1 Å². The summed E-state index contributed by atoms with van der Waals surface area (Å²) in [5.41, 5.74) is 0. The first-order chi connectivity index (χ1) is 8.56. The molecular formula is C14H14O3S. The minimum absolute atomic E-state index is 0.129. The van der Waals surface area contributed by atoms with E-state index in [9.17, 15) is 8.42 Å². The van der Waals surface area contributed by atoms with Crippen molar-refractivity contribution in [1.82, 2.24) is 0 Å². The van der Waals surface area contributed by atoms with Gasteiger partial charge in [-0.2, -0.15) is 8.42 Å². The summed E-state index contributed by atoms with van der Waals surface area (Å²) in [6, 6.07) is 0. The van der Waals surface area contributed by atoms with Crippen molar-refractivity contribution in [1.29, 1.82) is 0 Å². The Labute approximate surface area is 109 Å². The van der Waals surface area contributed by atoms with Crippen LogP contribution >= 0.6 is 0 Å². The van der Waals surface area contributed by atoms with E-state index < -0.39 is 10.1 Å². The second kappa shape index (κ2) is 10.3. The maximum absolute atomic E-state index is 10.6. The summed E-state index contributed by atoms with van der Waals surface area (Å²) in [6.07, 6.45) is 2.42. The summed E-state index contributed by atoms with van der Waals surface area (Å²) >= 11 is 0. The molecule has 0 aromatic rings. The fourth-order valence-corrected chi connectivity index (χ4v) is 0.994. The fourth-order valence-electron chi connectivity index (χ4n) is 0.721. The minimum atomic E-state index is -3.40. The molecule has 0 aromatic carbocycles. The van der Waals surface area contributed by atoms with Gasteiger partial charge in [0.2, 0.25) is 0 Å². The van der Waals surface area contributed by atoms with Gasteiger partial charge >= 0.3 is 0 Å². The highest BCUT2D eigenvalue weighted by Crippen LogP contribution is 1.84. The molecule has 0 bridgehead atoms. The van der Waals surface area contributed by atoms with E-state index >= 15 is 0 Å². The molecule has 0 rings (SSSR count). The van der Waals surface area contributed by atoms with Crippen LogP contribution < -0.4 is 0 Å². The van der Waals surface area contributed by atoms with Crippen molar-refractivity contribution in [3.8, 4) is 47.4 Å². The van der Waals surface area contributed by atoms with Gasteiger partial charge in [-0.05, 0) is 6.92 Å². The van der Waals surface area contributed by atoms with Crippen LogP contribution in [-0.2, 0) is 14.3 Å². The minimum Gasteiger partial charge on any atom is -0.257 e. The predicted molar refractivity (Wildman–Crippen MR) is 71.4 cm³/mol. The Morgan fingerprint density at radius 3 is 1.72 bits per heavy atom. The van der Waals surface area contributed by atoms with Gasteiger partial charge in [0.15, 0.2) is 0 Å². The molecule has 0 radical (unpaired) electrons. The summed E-state index contributed by atoms with van der Waals surface area (Å²) in [5, 5.41) is 0. The van der Waals surface area contributed by atoms with Crippen LogP contribution in [0.5, 0.6) is 0 Å². The third-order valence-corrected chi connectivity index (χ3v) is 1.97. The standard InChI is InChI=1S/C14H14O3S/c1-3-4-5-6-7-8-9-10-11-12-13-14-17-18(2,15)16/h5,8,11,14H2,1-2H3. The van der Waals surface area contributed by atoms with E-state index in [2.05, 4.69) is 51.5 Å². The fraction of sp³-hybridized carbons (Fsp3) is 0.429. The molecule has 0 heterocycles. The SMILES string of the molecule is CC#CCC#CCC#CCC#CCOS(C)(=O)=O. The zero-order valence-electron chi connectivity index (χ0n) is 10.5. The second-order valence-electron chi connectivity index (χ2n) is 2.98. The van der Waals surface area contributed by atoms with Crippen LogP contribution in [0, 0.1) is 47.4 Å². The van der Waals surface area contributed by atoms with Crippen molar-refractivity contribution in [2.45, 2.75) is 26.2 Å². The van der Waals surface area contributed by atoms with E-state index in [1.54, 1.807) is 6.92 Å². The highest BCUT2D eigenvalue weighted by Gasteiger charge is 1.96. The Morgan fingerprint density at radius 1 is 0.833 bits per heavy atom. The van der Waals surface area contributed by atoms with Crippen LogP contribution in [0.15, 0.2) is 0 Å². The van der Waals surface area contributed by atoms with Gasteiger partial charge in [-0.15, -0.1) is 5.92 Å². The molecule has 0 spiro atoms. The molecule has 0 aliphatic carbocycles. The van der Waals surface area contributed by atoms with E-state index in [1.807, 2.05) is 0 Å². The zero-order valence-corrected chi connectivity index (χ0v) is 11.3. The third-order valence-electron chi connectivity index (χ3n) is 1.43. The number of rotatable bonds is 2. The van der Waals surface area contributed by atoms with Crippen LogP contribution in [0.1, 0.15) is 26.2 Å². The van der Waals surface area contributed by atoms with Gasteiger partial charge in [0.1, 0.15) is 6.61 Å². The first-order valence-corrected chi connectivity index (χ1v) is 6.99. The Hall–Kier alpha value is -1.85. The van der Waals surface area contributed by atoms with Crippen molar-refractivity contribution in [2.24, 2.45) is 0 Å². The van der Waals surface area contributed by atoms with Crippen LogP contribution in [-0.4, -0.2) is 21.3 Å². The number of hydrogen-bond acceptors (Lipinski definition) is 3. The molecule has 0 N–H and O–H groups in total. The Morgan fingerprint density at radius 2 is 1.28 bits per heavy atom. The Bertz CT molecular complexity index is 584. The van der Waals surface area contributed by atoms with Gasteiger partial charge in [-0.3, -0.25) is 4.18 Å². The summed E-state index contributed by atoms with van der Waals surface area (Å²) in [7, 11) is -3.40. The monoisotopic (exact) mass is 262 g/mol. The van der Waals surface area contributed by atoms with Gasteiger partial charge in [0.25, 0.3) is 10.1 Å². The van der Waals surface area contributed by atoms with Gasteiger partial charge in [0, 0.05) is 0 Å². The predicted octanol–water partition coefficient (Wildman–Crippen LogP) is 1.17. The summed E-state index contributed by atoms with van der Waals surface area (Å²) in [4.78, 5) is 0.